The van der Waals surface area contributed by atoms with Crippen LogP contribution in [-0.2, 0) is 0 Å². The Bertz CT molecular complexity index is 675. The van der Waals surface area contributed by atoms with E-state index in [9.17, 15) is 0 Å². The summed E-state index contributed by atoms with van der Waals surface area (Å²) < 4.78 is 0.377. The van der Waals surface area contributed by atoms with E-state index in [-0.39, 0.29) is 54.7 Å². The van der Waals surface area contributed by atoms with E-state index in [0.717, 1.165) is 0 Å². The lowest BCUT2D eigenvalue weighted by Gasteiger charge is -2.27. The Labute approximate surface area is 151 Å². The number of hydrogen-bond donors (Lipinski definition) is 0. The minimum atomic E-state index is 0.0898. The van der Waals surface area contributed by atoms with Crippen LogP contribution in [0.4, 0.5) is 0 Å². The number of halogens is 1. The fourth-order valence-electron chi connectivity index (χ4n) is 2.19. The maximum atomic E-state index is 6.07. The van der Waals surface area contributed by atoms with Crippen molar-refractivity contribution in [1.29, 1.82) is 0 Å². The number of hydrogen-bond acceptors (Lipinski definition) is 0. The highest BCUT2D eigenvalue weighted by molar-refractivity contribution is 9.10. The summed E-state index contributed by atoms with van der Waals surface area (Å²) in [5.41, 5.74) is 1.76. The molecule has 0 fully saturated rings. The van der Waals surface area contributed by atoms with Crippen LogP contribution < -0.4 is 49.2 Å². The molecular formula is C12B9Br. The molecule has 0 aliphatic carbocycles. The molecule has 2 rings (SSSR count). The molecule has 0 N–H and O–H groups in total. The third-order valence-electron chi connectivity index (χ3n) is 3.54. The first-order valence-electron chi connectivity index (χ1n) is 6.04. The summed E-state index contributed by atoms with van der Waals surface area (Å²) >= 11 is 3.26. The lowest BCUT2D eigenvalue weighted by atomic mass is 9.57. The normalized spacial score (nSPS) is 10.8. The van der Waals surface area contributed by atoms with Gasteiger partial charge in [-0.1, -0.05) is 43.2 Å². The van der Waals surface area contributed by atoms with Crippen molar-refractivity contribution in [3.63, 3.8) is 0 Å². The van der Waals surface area contributed by atoms with Crippen molar-refractivity contribution in [2.75, 3.05) is 0 Å². The second-order valence-corrected chi connectivity index (χ2v) is 5.58. The molecule has 0 heterocycles. The van der Waals surface area contributed by atoms with Gasteiger partial charge in [-0.15, -0.1) is 21.9 Å². The number of benzene rings is 2. The quantitative estimate of drug-likeness (QED) is 0.458. The Balaban J connectivity index is 3.03. The average Bonchev–Trinajstić information content (AvgIpc) is 2.50. The monoisotopic (exact) mass is 322 g/mol. The van der Waals surface area contributed by atoms with Gasteiger partial charge in [-0.25, -0.2) is 0 Å². The van der Waals surface area contributed by atoms with Crippen molar-refractivity contribution in [3.05, 3.63) is 4.47 Å². The lowest BCUT2D eigenvalue weighted by molar-refractivity contribution is 1.83. The molecule has 82 valence electrons. The maximum Gasteiger partial charge on any atom is 0.116 e. The lowest BCUT2D eigenvalue weighted by Crippen LogP contribution is -2.57. The molecule has 0 spiro atoms. The van der Waals surface area contributed by atoms with Crippen molar-refractivity contribution >= 4 is 136 Å². The van der Waals surface area contributed by atoms with Crippen LogP contribution in [0.15, 0.2) is 4.47 Å². The van der Waals surface area contributed by atoms with Crippen molar-refractivity contribution in [1.82, 2.24) is 0 Å². The SMILES string of the molecule is [B]c1c([B])c([B])c(-c2c([B])c([B])c([B])c(Br)c2[B])c([B])c1[B]. The molecule has 2 aromatic rings. The van der Waals surface area contributed by atoms with Gasteiger partial charge in [0.05, 0.1) is 0 Å². The maximum absolute atomic E-state index is 6.07. The highest BCUT2D eigenvalue weighted by Crippen LogP contribution is 2.11. The van der Waals surface area contributed by atoms with Crippen LogP contribution in [0.3, 0.4) is 0 Å². The largest absolute Gasteiger partial charge is 0.116 e. The molecule has 0 aliphatic rings. The Morgan fingerprint density at radius 2 is 0.636 bits per heavy atom. The molecule has 0 aliphatic heterocycles. The predicted molar refractivity (Wildman–Crippen MR) is 108 cm³/mol. The molecule has 0 bridgehead atoms. The summed E-state index contributed by atoms with van der Waals surface area (Å²) in [5, 5.41) is 0. The molecule has 0 saturated heterocycles. The van der Waals surface area contributed by atoms with E-state index in [0.29, 0.717) is 10.0 Å². The van der Waals surface area contributed by atoms with Gasteiger partial charge in [0.25, 0.3) is 0 Å². The Morgan fingerprint density at radius 1 is 0.364 bits per heavy atom. The zero-order valence-corrected chi connectivity index (χ0v) is 13.2. The molecule has 0 atom stereocenters. The molecule has 10 heteroatoms. The van der Waals surface area contributed by atoms with Gasteiger partial charge in [-0.05, 0) is 11.1 Å². The van der Waals surface area contributed by atoms with Crippen LogP contribution in [-0.4, -0.2) is 70.6 Å². The predicted octanol–water partition coefficient (Wildman–Crippen LogP) is -6.74. The van der Waals surface area contributed by atoms with Gasteiger partial charge in [-0.3, -0.25) is 0 Å². The highest BCUT2D eigenvalue weighted by Gasteiger charge is 2.18. The van der Waals surface area contributed by atoms with Crippen LogP contribution in [0.2, 0.25) is 0 Å². The third kappa shape index (κ3) is 2.52. The van der Waals surface area contributed by atoms with Crippen LogP contribution >= 0.6 is 15.9 Å². The first-order valence-corrected chi connectivity index (χ1v) is 6.83. The minimum Gasteiger partial charge on any atom is -0.112 e. The van der Waals surface area contributed by atoms with E-state index < -0.39 is 0 Å². The van der Waals surface area contributed by atoms with Crippen LogP contribution in [0.25, 0.3) is 11.1 Å². The van der Waals surface area contributed by atoms with Crippen LogP contribution in [0.5, 0.6) is 0 Å². The van der Waals surface area contributed by atoms with Crippen molar-refractivity contribution in [3.8, 4) is 11.1 Å². The summed E-state index contributed by atoms with van der Waals surface area (Å²) in [6, 6.07) is 0. The smallest absolute Gasteiger partial charge is 0.112 e. The second kappa shape index (κ2) is 6.19. The summed E-state index contributed by atoms with van der Waals surface area (Å²) in [7, 11) is 53.4. The first-order chi connectivity index (χ1) is 10.1. The van der Waals surface area contributed by atoms with Gasteiger partial charge >= 0.3 is 0 Å². The topological polar surface area (TPSA) is 0 Å². The fraction of sp³-hybridized carbons (Fsp3) is 0. The highest BCUT2D eigenvalue weighted by atomic mass is 79.9. The molecule has 22 heavy (non-hydrogen) atoms. The van der Waals surface area contributed by atoms with E-state index >= 15 is 0 Å². The molecule has 0 saturated carbocycles. The van der Waals surface area contributed by atoms with E-state index in [4.69, 9.17) is 70.6 Å². The van der Waals surface area contributed by atoms with Crippen molar-refractivity contribution in [2.24, 2.45) is 0 Å². The van der Waals surface area contributed by atoms with Gasteiger partial charge in [0, 0.05) is 4.47 Å². The zero-order chi connectivity index (χ0) is 16.9. The standard InChI is InChI=1S/C12B9Br/c13-3-1(4(14)8(18)10(20)7(3)17)2-5(15)9(19)11(21)12(22)6(2)16. The fourth-order valence-corrected chi connectivity index (χ4v) is 2.60. The molecule has 0 unspecified atom stereocenters. The average molecular weight is 321 g/mol. The Morgan fingerprint density at radius 3 is 1.05 bits per heavy atom. The van der Waals surface area contributed by atoms with E-state index in [1.165, 1.54) is 0 Å². The van der Waals surface area contributed by atoms with Gasteiger partial charge in [0.15, 0.2) is 0 Å². The number of rotatable bonds is 1. The van der Waals surface area contributed by atoms with Crippen molar-refractivity contribution < 1.29 is 0 Å². The summed E-state index contributed by atoms with van der Waals surface area (Å²) in [6.07, 6.45) is 0. The summed E-state index contributed by atoms with van der Waals surface area (Å²) in [5.74, 6) is 0. The molecule has 0 nitrogen and oxygen atoms in total. The second-order valence-electron chi connectivity index (χ2n) is 4.79. The van der Waals surface area contributed by atoms with Crippen LogP contribution in [0, 0.1) is 0 Å². The summed E-state index contributed by atoms with van der Waals surface area (Å²) in [6.45, 7) is 0. The van der Waals surface area contributed by atoms with Gasteiger partial charge in [-0.2, -0.15) is 0 Å². The minimum absolute atomic E-state index is 0.0898. The van der Waals surface area contributed by atoms with Gasteiger partial charge in [0.2, 0.25) is 0 Å². The van der Waals surface area contributed by atoms with Crippen molar-refractivity contribution in [2.45, 2.75) is 0 Å². The van der Waals surface area contributed by atoms with E-state index in [1.54, 1.807) is 0 Å². The summed E-state index contributed by atoms with van der Waals surface area (Å²) in [4.78, 5) is 0. The molecule has 18 radical (unpaired) electrons. The molecule has 2 aromatic carbocycles. The third-order valence-corrected chi connectivity index (χ3v) is 4.40. The van der Waals surface area contributed by atoms with E-state index in [1.807, 2.05) is 0 Å². The molecule has 0 aromatic heterocycles. The van der Waals surface area contributed by atoms with Crippen LogP contribution in [0.1, 0.15) is 0 Å². The Hall–Kier alpha value is -0.496. The molecule has 0 amide bonds. The molecular weight excluding hydrogens is 321 g/mol. The van der Waals surface area contributed by atoms with E-state index in [2.05, 4.69) is 15.9 Å². The zero-order valence-electron chi connectivity index (χ0n) is 11.6. The van der Waals surface area contributed by atoms with Gasteiger partial charge in [0.1, 0.15) is 70.6 Å². The van der Waals surface area contributed by atoms with Gasteiger partial charge < -0.3 is 0 Å². The Kier molecular flexibility index (Phi) is 5.02. The first kappa shape index (κ1) is 17.9.